The molecule has 0 aromatic rings. The van der Waals surface area contributed by atoms with Crippen LogP contribution in [0.25, 0.3) is 0 Å². The van der Waals surface area contributed by atoms with E-state index in [4.69, 9.17) is 0 Å². The van der Waals surface area contributed by atoms with Crippen LogP contribution in [0.4, 0.5) is 8.78 Å². The molecule has 1 heterocycles. The van der Waals surface area contributed by atoms with Gasteiger partial charge in [-0.15, -0.1) is 0 Å². The second-order valence-corrected chi connectivity index (χ2v) is 4.67. The van der Waals surface area contributed by atoms with Crippen molar-refractivity contribution in [1.82, 2.24) is 3.11 Å². The molecule has 1 rings (SSSR count). The molecule has 0 bridgehead atoms. The molecule has 1 nitrogen and oxygen atoms in total. The van der Waals surface area contributed by atoms with Crippen molar-refractivity contribution < 1.29 is 8.78 Å². The highest BCUT2D eigenvalue weighted by Gasteiger charge is 2.46. The Bertz CT molecular complexity index is 137. The third-order valence-corrected chi connectivity index (χ3v) is 3.05. The van der Waals surface area contributed by atoms with Crippen molar-refractivity contribution in [3.8, 4) is 0 Å². The van der Waals surface area contributed by atoms with Crippen molar-refractivity contribution in [2.24, 2.45) is 11.8 Å². The van der Waals surface area contributed by atoms with Crippen LogP contribution in [0, 0.1) is 11.8 Å². The molecule has 0 N–H and O–H groups in total. The molecule has 66 valence electrons. The molecule has 1 aliphatic rings. The van der Waals surface area contributed by atoms with Gasteiger partial charge < -0.3 is 0 Å². The van der Waals surface area contributed by atoms with Gasteiger partial charge in [-0.2, -0.15) is 0 Å². The van der Waals surface area contributed by atoms with Crippen LogP contribution in [0.3, 0.4) is 0 Å². The first-order valence-corrected chi connectivity index (χ1v) is 4.69. The fourth-order valence-electron chi connectivity index (χ4n) is 1.40. The summed E-state index contributed by atoms with van der Waals surface area (Å²) in [4.78, 5) is 0. The second-order valence-electron chi connectivity index (χ2n) is 3.30. The maximum absolute atomic E-state index is 13.1. The zero-order valence-corrected chi connectivity index (χ0v) is 8.81. The van der Waals surface area contributed by atoms with E-state index >= 15 is 0 Å². The van der Waals surface area contributed by atoms with Gasteiger partial charge in [0.05, 0.1) is 0 Å². The van der Waals surface area contributed by atoms with Gasteiger partial charge >= 0.3 is 0 Å². The number of alkyl halides is 2. The Balaban J connectivity index is 2.67. The zero-order chi connectivity index (χ0) is 8.65. The van der Waals surface area contributed by atoms with Gasteiger partial charge in [0.15, 0.2) is 0 Å². The second kappa shape index (κ2) is 3.12. The molecule has 0 radical (unpaired) electrons. The standard InChI is InChI=1S/C7H12F2IN/c1-5-3-11(10)4-6(2)7(5,8)9/h5-6H,3-4H2,1-2H3. The SMILES string of the molecule is CC1CN(I)CC(C)C1(F)F. The minimum atomic E-state index is -2.47. The monoisotopic (exact) mass is 275 g/mol. The van der Waals surface area contributed by atoms with E-state index in [1.807, 2.05) is 3.11 Å². The molecule has 2 unspecified atom stereocenters. The molecule has 0 saturated carbocycles. The van der Waals surface area contributed by atoms with E-state index in [0.29, 0.717) is 13.1 Å². The summed E-state index contributed by atoms with van der Waals surface area (Å²) in [5.74, 6) is -3.49. The smallest absolute Gasteiger partial charge is 0.247 e. The predicted molar refractivity (Wildman–Crippen MR) is 48.9 cm³/mol. The fraction of sp³-hybridized carbons (Fsp3) is 1.00. The first-order chi connectivity index (χ1) is 4.94. The van der Waals surface area contributed by atoms with Crippen molar-refractivity contribution in [3.05, 3.63) is 0 Å². The Morgan fingerprint density at radius 2 is 1.64 bits per heavy atom. The summed E-state index contributed by atoms with van der Waals surface area (Å²) >= 11 is 2.10. The summed E-state index contributed by atoms with van der Waals surface area (Å²) in [6.45, 7) is 4.22. The number of piperidine rings is 1. The molecule has 11 heavy (non-hydrogen) atoms. The van der Waals surface area contributed by atoms with Gasteiger partial charge in [0.2, 0.25) is 0 Å². The van der Waals surface area contributed by atoms with E-state index < -0.39 is 17.8 Å². The number of rotatable bonds is 0. The van der Waals surface area contributed by atoms with Gasteiger partial charge in [-0.3, -0.25) is 0 Å². The van der Waals surface area contributed by atoms with Gasteiger partial charge in [0.25, 0.3) is 5.92 Å². The lowest BCUT2D eigenvalue weighted by Gasteiger charge is -2.38. The van der Waals surface area contributed by atoms with Crippen LogP contribution in [0.5, 0.6) is 0 Å². The molecule has 0 aliphatic carbocycles. The number of hydrogen-bond donors (Lipinski definition) is 0. The molecule has 4 heteroatoms. The molecular formula is C7H12F2IN. The van der Waals surface area contributed by atoms with Crippen LogP contribution < -0.4 is 0 Å². The lowest BCUT2D eigenvalue weighted by atomic mass is 9.88. The molecule has 0 amide bonds. The van der Waals surface area contributed by atoms with Gasteiger partial charge in [0.1, 0.15) is 0 Å². The normalized spacial score (nSPS) is 39.0. The number of halogens is 3. The summed E-state index contributed by atoms with van der Waals surface area (Å²) < 4.78 is 28.2. The Labute approximate surface area is 79.6 Å². The molecule has 1 aliphatic heterocycles. The third kappa shape index (κ3) is 1.83. The van der Waals surface area contributed by atoms with Crippen molar-refractivity contribution >= 4 is 22.9 Å². The van der Waals surface area contributed by atoms with Crippen LogP contribution in [-0.4, -0.2) is 22.1 Å². The minimum Gasteiger partial charge on any atom is -0.247 e. The van der Waals surface area contributed by atoms with E-state index in [2.05, 4.69) is 22.9 Å². The third-order valence-electron chi connectivity index (χ3n) is 2.26. The molecule has 1 fully saturated rings. The average Bonchev–Trinajstić information content (AvgIpc) is 1.84. The molecule has 0 aromatic heterocycles. The van der Waals surface area contributed by atoms with Crippen molar-refractivity contribution in [2.75, 3.05) is 13.1 Å². The van der Waals surface area contributed by atoms with Gasteiger partial charge in [-0.1, -0.05) is 13.8 Å². The topological polar surface area (TPSA) is 3.24 Å². The maximum atomic E-state index is 13.1. The van der Waals surface area contributed by atoms with E-state index in [1.165, 1.54) is 0 Å². The van der Waals surface area contributed by atoms with Crippen molar-refractivity contribution in [2.45, 2.75) is 19.8 Å². The highest BCUT2D eigenvalue weighted by molar-refractivity contribution is 14.1. The summed E-state index contributed by atoms with van der Waals surface area (Å²) in [6.07, 6.45) is 0. The zero-order valence-electron chi connectivity index (χ0n) is 6.65. The molecular weight excluding hydrogens is 263 g/mol. The largest absolute Gasteiger partial charge is 0.255 e. The molecule has 2 atom stereocenters. The van der Waals surface area contributed by atoms with Crippen LogP contribution >= 0.6 is 22.9 Å². The number of hydrogen-bond acceptors (Lipinski definition) is 1. The lowest BCUT2D eigenvalue weighted by Crippen LogP contribution is -2.48. The van der Waals surface area contributed by atoms with E-state index in [-0.39, 0.29) is 0 Å². The van der Waals surface area contributed by atoms with Crippen LogP contribution in [-0.2, 0) is 0 Å². The van der Waals surface area contributed by atoms with Crippen molar-refractivity contribution in [1.29, 1.82) is 0 Å². The van der Waals surface area contributed by atoms with Crippen LogP contribution in [0.1, 0.15) is 13.8 Å². The van der Waals surface area contributed by atoms with Gasteiger partial charge in [-0.05, 0) is 0 Å². The quantitative estimate of drug-likeness (QED) is 0.485. The van der Waals surface area contributed by atoms with Gasteiger partial charge in [-0.25, -0.2) is 11.9 Å². The number of nitrogens with zero attached hydrogens (tertiary/aromatic N) is 1. The van der Waals surface area contributed by atoms with Crippen LogP contribution in [0.15, 0.2) is 0 Å². The summed E-state index contributed by atoms with van der Waals surface area (Å²) in [6, 6.07) is 0. The predicted octanol–water partition coefficient (Wildman–Crippen LogP) is 2.56. The minimum absolute atomic E-state index is 0.498. The first-order valence-electron chi connectivity index (χ1n) is 3.73. The van der Waals surface area contributed by atoms with E-state index in [9.17, 15) is 8.78 Å². The Kier molecular flexibility index (Phi) is 2.74. The Morgan fingerprint density at radius 3 is 2.00 bits per heavy atom. The summed E-state index contributed by atoms with van der Waals surface area (Å²) in [5, 5.41) is 0. The average molecular weight is 275 g/mol. The maximum Gasteiger partial charge on any atom is 0.255 e. The van der Waals surface area contributed by atoms with E-state index in [1.54, 1.807) is 13.8 Å². The summed E-state index contributed by atoms with van der Waals surface area (Å²) in [7, 11) is 0. The lowest BCUT2D eigenvalue weighted by molar-refractivity contribution is -0.122. The van der Waals surface area contributed by atoms with Gasteiger partial charge in [0, 0.05) is 47.8 Å². The first kappa shape index (κ1) is 9.64. The highest BCUT2D eigenvalue weighted by Crippen LogP contribution is 2.38. The Hall–Kier alpha value is 0.550. The molecule has 1 saturated heterocycles. The summed E-state index contributed by atoms with van der Waals surface area (Å²) in [5.41, 5.74) is 0. The van der Waals surface area contributed by atoms with Crippen LogP contribution in [0.2, 0.25) is 0 Å². The van der Waals surface area contributed by atoms with E-state index in [0.717, 1.165) is 0 Å². The fourth-order valence-corrected chi connectivity index (χ4v) is 2.58. The highest BCUT2D eigenvalue weighted by atomic mass is 127. The molecule has 0 spiro atoms. The Morgan fingerprint density at radius 1 is 1.27 bits per heavy atom. The molecule has 0 aromatic carbocycles. The van der Waals surface area contributed by atoms with Crippen molar-refractivity contribution in [3.63, 3.8) is 0 Å².